The van der Waals surface area contributed by atoms with Crippen LogP contribution in [0.1, 0.15) is 0 Å². The minimum Gasteiger partial charge on any atom is -0.363 e. The van der Waals surface area contributed by atoms with Gasteiger partial charge in [-0.05, 0) is 0 Å². The summed E-state index contributed by atoms with van der Waals surface area (Å²) >= 11 is 0. The Morgan fingerprint density at radius 1 is 1.73 bits per heavy atom. The lowest BCUT2D eigenvalue weighted by molar-refractivity contribution is 0.230. The van der Waals surface area contributed by atoms with E-state index in [4.69, 9.17) is 0 Å². The summed E-state index contributed by atoms with van der Waals surface area (Å²) in [6.07, 6.45) is 2.79. The predicted molar refractivity (Wildman–Crippen MR) is 39.2 cm³/mol. The molecule has 60 valence electrons. The Labute approximate surface area is 64.0 Å². The number of hydrogen-bond acceptors (Lipinski definition) is 3. The molecule has 0 bridgehead atoms. The lowest BCUT2D eigenvalue weighted by atomic mass is 10.6. The quantitative estimate of drug-likeness (QED) is 0.651. The molecule has 0 radical (unpaired) electrons. The molecule has 0 aliphatic heterocycles. The van der Waals surface area contributed by atoms with Gasteiger partial charge in [-0.2, -0.15) is 0 Å². The summed E-state index contributed by atoms with van der Waals surface area (Å²) in [5, 5.41) is 5.98. The smallest absolute Gasteiger partial charge is 0.321 e. The van der Waals surface area contributed by atoms with Gasteiger partial charge in [0.1, 0.15) is 12.0 Å². The molecule has 0 unspecified atom stereocenters. The fraction of sp³-hybridized carbons (Fsp3) is 0.333. The number of anilines is 1. The minimum atomic E-state index is -0.201. The molecular weight excluding hydrogens is 146 g/mol. The van der Waals surface area contributed by atoms with Crippen molar-refractivity contribution in [3.8, 4) is 0 Å². The van der Waals surface area contributed by atoms with E-state index in [9.17, 15) is 4.79 Å². The molecule has 0 saturated heterocycles. The van der Waals surface area contributed by atoms with Gasteiger partial charge in [0.15, 0.2) is 0 Å². The maximum absolute atomic E-state index is 11.0. The van der Waals surface area contributed by atoms with Gasteiger partial charge in [0, 0.05) is 14.1 Å². The number of nitrogens with one attached hydrogen (secondary N) is 1. The number of amides is 2. The molecule has 1 aromatic heterocycles. The van der Waals surface area contributed by atoms with Gasteiger partial charge in [-0.25, -0.2) is 4.79 Å². The van der Waals surface area contributed by atoms with E-state index in [1.807, 2.05) is 0 Å². The third-order valence-corrected chi connectivity index (χ3v) is 1.09. The highest BCUT2D eigenvalue weighted by Gasteiger charge is 2.03. The SMILES string of the molecule is CN(C)C(=O)Nc1cnoc1. The molecule has 1 heterocycles. The molecule has 0 atom stereocenters. The van der Waals surface area contributed by atoms with E-state index >= 15 is 0 Å². The van der Waals surface area contributed by atoms with Gasteiger partial charge in [-0.15, -0.1) is 0 Å². The van der Waals surface area contributed by atoms with Crippen LogP contribution in [0, 0.1) is 0 Å². The summed E-state index contributed by atoms with van der Waals surface area (Å²) in [4.78, 5) is 12.4. The van der Waals surface area contributed by atoms with Crippen LogP contribution in [0.5, 0.6) is 0 Å². The van der Waals surface area contributed by atoms with Crippen molar-refractivity contribution in [1.29, 1.82) is 0 Å². The largest absolute Gasteiger partial charge is 0.363 e. The first kappa shape index (κ1) is 7.59. The summed E-state index contributed by atoms with van der Waals surface area (Å²) in [5.41, 5.74) is 0.559. The van der Waals surface area contributed by atoms with Gasteiger partial charge in [0.05, 0.1) is 6.20 Å². The number of urea groups is 1. The van der Waals surface area contributed by atoms with Gasteiger partial charge < -0.3 is 14.7 Å². The summed E-state index contributed by atoms with van der Waals surface area (Å²) < 4.78 is 4.51. The van der Waals surface area contributed by atoms with Crippen molar-refractivity contribution in [2.75, 3.05) is 19.4 Å². The molecule has 0 aromatic carbocycles. The van der Waals surface area contributed by atoms with Crippen LogP contribution in [0.4, 0.5) is 10.5 Å². The van der Waals surface area contributed by atoms with E-state index in [1.54, 1.807) is 14.1 Å². The van der Waals surface area contributed by atoms with Gasteiger partial charge in [0.2, 0.25) is 0 Å². The van der Waals surface area contributed by atoms with Crippen molar-refractivity contribution in [3.63, 3.8) is 0 Å². The number of rotatable bonds is 1. The van der Waals surface area contributed by atoms with Crippen molar-refractivity contribution in [2.24, 2.45) is 0 Å². The number of hydrogen-bond donors (Lipinski definition) is 1. The summed E-state index contributed by atoms with van der Waals surface area (Å²) in [7, 11) is 3.31. The highest BCUT2D eigenvalue weighted by molar-refractivity contribution is 5.88. The topological polar surface area (TPSA) is 58.4 Å². The lowest BCUT2D eigenvalue weighted by Gasteiger charge is -2.09. The fourth-order valence-electron chi connectivity index (χ4n) is 0.502. The van der Waals surface area contributed by atoms with Crippen LogP contribution >= 0.6 is 0 Å². The van der Waals surface area contributed by atoms with Gasteiger partial charge >= 0.3 is 6.03 Å². The van der Waals surface area contributed by atoms with E-state index in [0.29, 0.717) is 5.69 Å². The van der Waals surface area contributed by atoms with Gasteiger partial charge in [-0.3, -0.25) is 0 Å². The van der Waals surface area contributed by atoms with Crippen LogP contribution in [0.15, 0.2) is 17.0 Å². The standard InChI is InChI=1S/C6H9N3O2/c1-9(2)6(10)8-5-3-7-11-4-5/h3-4H,1-2H3,(H,8,10). The third kappa shape index (κ3) is 1.96. The molecule has 0 saturated carbocycles. The Morgan fingerprint density at radius 3 is 2.91 bits per heavy atom. The summed E-state index contributed by atoms with van der Waals surface area (Å²) in [6.45, 7) is 0. The Kier molecular flexibility index (Phi) is 2.10. The average molecular weight is 155 g/mol. The van der Waals surface area contributed by atoms with Crippen LogP contribution in [-0.2, 0) is 0 Å². The second-order valence-electron chi connectivity index (χ2n) is 2.24. The summed E-state index contributed by atoms with van der Waals surface area (Å²) in [5.74, 6) is 0. The fourth-order valence-corrected chi connectivity index (χ4v) is 0.502. The Balaban J connectivity index is 2.50. The maximum atomic E-state index is 11.0. The average Bonchev–Trinajstić information content (AvgIpc) is 2.39. The Hall–Kier alpha value is -1.52. The zero-order valence-corrected chi connectivity index (χ0v) is 6.37. The molecule has 0 aliphatic carbocycles. The van der Waals surface area contributed by atoms with Crippen molar-refractivity contribution >= 4 is 11.7 Å². The van der Waals surface area contributed by atoms with E-state index in [1.165, 1.54) is 17.4 Å². The summed E-state index contributed by atoms with van der Waals surface area (Å²) in [6, 6.07) is -0.201. The van der Waals surface area contributed by atoms with Gasteiger partial charge in [-0.1, -0.05) is 5.16 Å². The molecule has 1 N–H and O–H groups in total. The minimum absolute atomic E-state index is 0.201. The van der Waals surface area contributed by atoms with Crippen LogP contribution in [0.2, 0.25) is 0 Å². The molecule has 2 amide bonds. The molecule has 0 fully saturated rings. The molecule has 0 spiro atoms. The number of carbonyl (C=O) groups excluding carboxylic acids is 1. The van der Waals surface area contributed by atoms with E-state index in [-0.39, 0.29) is 6.03 Å². The number of nitrogens with zero attached hydrogens (tertiary/aromatic N) is 2. The molecule has 5 heteroatoms. The van der Waals surface area contributed by atoms with Crippen molar-refractivity contribution in [1.82, 2.24) is 10.1 Å². The zero-order valence-electron chi connectivity index (χ0n) is 6.37. The maximum Gasteiger partial charge on any atom is 0.321 e. The lowest BCUT2D eigenvalue weighted by Crippen LogP contribution is -2.27. The Morgan fingerprint density at radius 2 is 2.45 bits per heavy atom. The molecule has 11 heavy (non-hydrogen) atoms. The van der Waals surface area contributed by atoms with Crippen LogP contribution < -0.4 is 5.32 Å². The first-order valence-electron chi connectivity index (χ1n) is 3.08. The molecule has 5 nitrogen and oxygen atoms in total. The first-order chi connectivity index (χ1) is 5.20. The predicted octanol–water partition coefficient (Wildman–Crippen LogP) is 0.768. The van der Waals surface area contributed by atoms with Crippen molar-refractivity contribution in [3.05, 3.63) is 12.5 Å². The number of aromatic nitrogens is 1. The van der Waals surface area contributed by atoms with Crippen molar-refractivity contribution in [2.45, 2.75) is 0 Å². The van der Waals surface area contributed by atoms with Crippen LogP contribution in [0.3, 0.4) is 0 Å². The van der Waals surface area contributed by atoms with E-state index < -0.39 is 0 Å². The highest BCUT2D eigenvalue weighted by atomic mass is 16.5. The molecule has 1 aromatic rings. The second-order valence-corrected chi connectivity index (χ2v) is 2.24. The Bertz CT molecular complexity index is 230. The van der Waals surface area contributed by atoms with Crippen LogP contribution in [-0.4, -0.2) is 30.2 Å². The van der Waals surface area contributed by atoms with Gasteiger partial charge in [0.25, 0.3) is 0 Å². The highest BCUT2D eigenvalue weighted by Crippen LogP contribution is 2.03. The monoisotopic (exact) mass is 155 g/mol. The van der Waals surface area contributed by atoms with E-state index in [0.717, 1.165) is 0 Å². The second kappa shape index (κ2) is 3.05. The first-order valence-corrected chi connectivity index (χ1v) is 3.08. The van der Waals surface area contributed by atoms with E-state index in [2.05, 4.69) is 15.0 Å². The molecule has 1 rings (SSSR count). The zero-order chi connectivity index (χ0) is 8.27. The number of carbonyl (C=O) groups is 1. The van der Waals surface area contributed by atoms with Crippen LogP contribution in [0.25, 0.3) is 0 Å². The third-order valence-electron chi connectivity index (χ3n) is 1.09. The molecule has 0 aliphatic rings. The normalized spacial score (nSPS) is 9.27. The van der Waals surface area contributed by atoms with Crippen molar-refractivity contribution < 1.29 is 9.32 Å². The molecular formula is C6H9N3O2.